The Bertz CT molecular complexity index is 859. The summed E-state index contributed by atoms with van der Waals surface area (Å²) in [6.07, 6.45) is 1.78. The summed E-state index contributed by atoms with van der Waals surface area (Å²) in [5.41, 5.74) is 2.22. The van der Waals surface area contributed by atoms with Gasteiger partial charge in [0.15, 0.2) is 4.96 Å². The predicted octanol–water partition coefficient (Wildman–Crippen LogP) is 3.05. The van der Waals surface area contributed by atoms with Crippen molar-refractivity contribution in [3.63, 3.8) is 0 Å². The van der Waals surface area contributed by atoms with Gasteiger partial charge in [0.1, 0.15) is 0 Å². The number of hydrogen-bond donors (Lipinski definition) is 0. The number of fused-ring (bicyclic) bond motifs is 1. The summed E-state index contributed by atoms with van der Waals surface area (Å²) in [6.45, 7) is 1.75. The van der Waals surface area contributed by atoms with E-state index < -0.39 is 0 Å². The van der Waals surface area contributed by atoms with Crippen LogP contribution in [-0.4, -0.2) is 32.3 Å². The van der Waals surface area contributed by atoms with E-state index in [1.165, 1.54) is 16.9 Å². The second-order valence-electron chi connectivity index (χ2n) is 5.61. The van der Waals surface area contributed by atoms with Gasteiger partial charge in [0, 0.05) is 48.3 Å². The molecule has 0 N–H and O–H groups in total. The van der Waals surface area contributed by atoms with Gasteiger partial charge in [-0.25, -0.2) is 4.98 Å². The normalized spacial score (nSPS) is 19.2. The van der Waals surface area contributed by atoms with Crippen molar-refractivity contribution in [1.82, 2.24) is 14.3 Å². The molecule has 0 saturated carbocycles. The summed E-state index contributed by atoms with van der Waals surface area (Å²) in [7, 11) is 0. The summed E-state index contributed by atoms with van der Waals surface area (Å²) in [5, 5.41) is 1.90. The minimum Gasteiger partial charge on any atom is -0.289 e. The average molecular weight is 343 g/mol. The second-order valence-corrected chi connectivity index (χ2v) is 7.64. The number of thiazole rings is 1. The van der Waals surface area contributed by atoms with E-state index in [2.05, 4.69) is 40.2 Å². The first kappa shape index (κ1) is 14.9. The van der Waals surface area contributed by atoms with Crippen molar-refractivity contribution >= 4 is 28.1 Å². The highest BCUT2D eigenvalue weighted by atomic mass is 32.2. The first-order chi connectivity index (χ1) is 11.3. The summed E-state index contributed by atoms with van der Waals surface area (Å²) in [5.74, 6) is 2.22. The van der Waals surface area contributed by atoms with Gasteiger partial charge in [0.2, 0.25) is 0 Å². The van der Waals surface area contributed by atoms with Crippen molar-refractivity contribution < 1.29 is 0 Å². The molecule has 1 saturated heterocycles. The summed E-state index contributed by atoms with van der Waals surface area (Å²) >= 11 is 3.50. The average Bonchev–Trinajstić information content (AvgIpc) is 3.05. The maximum Gasteiger partial charge on any atom is 0.258 e. The number of benzene rings is 1. The van der Waals surface area contributed by atoms with Gasteiger partial charge in [-0.3, -0.25) is 14.1 Å². The molecular formula is C17H17N3OS2. The molecule has 4 nitrogen and oxygen atoms in total. The fraction of sp³-hybridized carbons (Fsp3) is 0.294. The maximum atomic E-state index is 12.2. The van der Waals surface area contributed by atoms with E-state index in [-0.39, 0.29) is 5.56 Å². The largest absolute Gasteiger partial charge is 0.289 e. The Kier molecular flexibility index (Phi) is 4.20. The number of nitrogens with zero attached hydrogens (tertiary/aromatic N) is 3. The molecular weight excluding hydrogens is 326 g/mol. The lowest BCUT2D eigenvalue weighted by Gasteiger charge is -2.35. The third-order valence-electron chi connectivity index (χ3n) is 4.14. The van der Waals surface area contributed by atoms with Crippen LogP contribution in [0, 0.1) is 0 Å². The highest BCUT2D eigenvalue weighted by Crippen LogP contribution is 2.30. The van der Waals surface area contributed by atoms with Crippen molar-refractivity contribution in [2.75, 3.05) is 18.1 Å². The van der Waals surface area contributed by atoms with Gasteiger partial charge in [-0.05, 0) is 5.56 Å². The number of aromatic nitrogens is 2. The van der Waals surface area contributed by atoms with E-state index in [1.807, 2.05) is 17.1 Å². The molecule has 2 aromatic heterocycles. The van der Waals surface area contributed by atoms with Gasteiger partial charge in [-0.2, -0.15) is 11.8 Å². The molecule has 0 radical (unpaired) electrons. The minimum absolute atomic E-state index is 0.00824. The quantitative estimate of drug-likeness (QED) is 0.732. The maximum absolute atomic E-state index is 12.2. The standard InChI is InChI=1S/C17H17N3OS2/c21-16-10-14(18-17-20(16)7-9-23-17)11-19-6-8-22-12-15(19)13-4-2-1-3-5-13/h1-5,7,9-10,15H,6,8,11-12H2/t15-/m1/s1. The third kappa shape index (κ3) is 3.06. The van der Waals surface area contributed by atoms with Gasteiger partial charge < -0.3 is 0 Å². The summed E-state index contributed by atoms with van der Waals surface area (Å²) in [4.78, 5) is 20.0. The van der Waals surface area contributed by atoms with Crippen LogP contribution in [0.4, 0.5) is 0 Å². The number of rotatable bonds is 3. The van der Waals surface area contributed by atoms with Crippen LogP contribution in [0.2, 0.25) is 0 Å². The zero-order valence-electron chi connectivity index (χ0n) is 12.6. The van der Waals surface area contributed by atoms with Gasteiger partial charge >= 0.3 is 0 Å². The Morgan fingerprint density at radius 1 is 1.26 bits per heavy atom. The summed E-state index contributed by atoms with van der Waals surface area (Å²) < 4.78 is 1.61. The third-order valence-corrected chi connectivity index (χ3v) is 5.92. The van der Waals surface area contributed by atoms with Gasteiger partial charge in [-0.15, -0.1) is 11.3 Å². The molecule has 1 atom stereocenters. The molecule has 0 amide bonds. The lowest BCUT2D eigenvalue weighted by molar-refractivity contribution is 0.209. The number of thioether (sulfide) groups is 1. The SMILES string of the molecule is O=c1cc(CN2CCSC[C@@H]2c2ccccc2)nc2sccn12. The molecule has 3 aromatic rings. The molecule has 4 rings (SSSR count). The van der Waals surface area contributed by atoms with Crippen molar-refractivity contribution in [1.29, 1.82) is 0 Å². The Hall–Kier alpha value is -1.63. The Balaban J connectivity index is 1.63. The molecule has 0 bridgehead atoms. The van der Waals surface area contributed by atoms with Crippen LogP contribution < -0.4 is 5.56 Å². The lowest BCUT2D eigenvalue weighted by atomic mass is 10.1. The van der Waals surface area contributed by atoms with Gasteiger partial charge in [0.25, 0.3) is 5.56 Å². The molecule has 1 aliphatic rings. The molecule has 6 heteroatoms. The molecule has 1 aliphatic heterocycles. The van der Waals surface area contributed by atoms with E-state index in [4.69, 9.17) is 0 Å². The molecule has 118 valence electrons. The first-order valence-electron chi connectivity index (χ1n) is 7.64. The Morgan fingerprint density at radius 3 is 3.00 bits per heavy atom. The van der Waals surface area contributed by atoms with Crippen LogP contribution in [0.15, 0.2) is 52.8 Å². The van der Waals surface area contributed by atoms with Crippen LogP contribution >= 0.6 is 23.1 Å². The molecule has 0 aliphatic carbocycles. The molecule has 23 heavy (non-hydrogen) atoms. The Labute approximate surface area is 142 Å². The molecule has 1 fully saturated rings. The van der Waals surface area contributed by atoms with Crippen LogP contribution in [0.5, 0.6) is 0 Å². The molecule has 0 unspecified atom stereocenters. The smallest absolute Gasteiger partial charge is 0.258 e. The van der Waals surface area contributed by atoms with Crippen molar-refractivity contribution in [3.8, 4) is 0 Å². The van der Waals surface area contributed by atoms with Crippen LogP contribution in [0.1, 0.15) is 17.3 Å². The van der Waals surface area contributed by atoms with E-state index in [0.29, 0.717) is 6.04 Å². The highest BCUT2D eigenvalue weighted by Gasteiger charge is 2.24. The van der Waals surface area contributed by atoms with E-state index in [9.17, 15) is 4.79 Å². The van der Waals surface area contributed by atoms with Crippen molar-refractivity contribution in [2.45, 2.75) is 12.6 Å². The zero-order chi connectivity index (χ0) is 15.6. The van der Waals surface area contributed by atoms with Crippen molar-refractivity contribution in [2.24, 2.45) is 0 Å². The topological polar surface area (TPSA) is 37.6 Å². The van der Waals surface area contributed by atoms with Crippen LogP contribution in [0.3, 0.4) is 0 Å². The lowest BCUT2D eigenvalue weighted by Crippen LogP contribution is -2.36. The second kappa shape index (κ2) is 6.47. The van der Waals surface area contributed by atoms with Crippen LogP contribution in [-0.2, 0) is 6.54 Å². The monoisotopic (exact) mass is 343 g/mol. The van der Waals surface area contributed by atoms with Gasteiger partial charge in [0.05, 0.1) is 5.69 Å². The van der Waals surface area contributed by atoms with Crippen molar-refractivity contribution in [3.05, 3.63) is 69.6 Å². The van der Waals surface area contributed by atoms with Gasteiger partial charge in [-0.1, -0.05) is 30.3 Å². The molecule has 0 spiro atoms. The van der Waals surface area contributed by atoms with Crippen LogP contribution in [0.25, 0.3) is 4.96 Å². The fourth-order valence-corrected chi connectivity index (χ4v) is 4.88. The summed E-state index contributed by atoms with van der Waals surface area (Å²) in [6, 6.07) is 12.7. The van der Waals surface area contributed by atoms with E-state index >= 15 is 0 Å². The number of hydrogen-bond acceptors (Lipinski definition) is 5. The molecule has 3 heterocycles. The fourth-order valence-electron chi connectivity index (χ4n) is 2.99. The first-order valence-corrected chi connectivity index (χ1v) is 9.67. The minimum atomic E-state index is 0.00824. The molecule has 1 aromatic carbocycles. The predicted molar refractivity (Wildman–Crippen MR) is 96.3 cm³/mol. The van der Waals surface area contributed by atoms with E-state index in [0.717, 1.165) is 35.3 Å². The highest BCUT2D eigenvalue weighted by molar-refractivity contribution is 7.99. The van der Waals surface area contributed by atoms with E-state index in [1.54, 1.807) is 16.7 Å². The Morgan fingerprint density at radius 2 is 2.13 bits per heavy atom. The zero-order valence-corrected chi connectivity index (χ0v) is 14.2.